The number of nitrogens with zero attached hydrogens (tertiary/aromatic N) is 3. The van der Waals surface area contributed by atoms with Gasteiger partial charge in [0.25, 0.3) is 0 Å². The molecule has 0 unspecified atom stereocenters. The van der Waals surface area contributed by atoms with Crippen molar-refractivity contribution in [1.82, 2.24) is 15.3 Å². The fourth-order valence-electron chi connectivity index (χ4n) is 4.00. The van der Waals surface area contributed by atoms with Crippen LogP contribution in [0, 0.1) is 11.6 Å². The molecule has 0 atom stereocenters. The van der Waals surface area contributed by atoms with E-state index in [1.807, 2.05) is 43.3 Å². The normalized spacial score (nSPS) is 18.5. The van der Waals surface area contributed by atoms with Gasteiger partial charge in [0.15, 0.2) is 11.6 Å². The number of benzene rings is 2. The van der Waals surface area contributed by atoms with Crippen LogP contribution in [-0.4, -0.2) is 36.1 Å². The second kappa shape index (κ2) is 10.0. The first-order valence-corrected chi connectivity index (χ1v) is 10.4. The number of aromatic nitrogens is 2. The van der Waals surface area contributed by atoms with E-state index in [1.54, 1.807) is 6.07 Å². The summed E-state index contributed by atoms with van der Waals surface area (Å²) in [5.74, 6) is -0.0334. The summed E-state index contributed by atoms with van der Waals surface area (Å²) in [6.07, 6.45) is 4.02. The van der Waals surface area contributed by atoms with Crippen LogP contribution in [0.2, 0.25) is 0 Å². The smallest absolute Gasteiger partial charge is 0.225 e. The SMILES string of the molecule is C.CN(C)c1nc(NC2CCC(NCc3ccc(F)c(F)c3)CC2)nc2ccccc12. The quantitative estimate of drug-likeness (QED) is 0.572. The van der Waals surface area contributed by atoms with Crippen LogP contribution in [0.3, 0.4) is 0 Å². The van der Waals surface area contributed by atoms with E-state index in [2.05, 4.69) is 10.6 Å². The molecule has 1 aliphatic rings. The number of nitrogens with one attached hydrogen (secondary N) is 2. The van der Waals surface area contributed by atoms with Gasteiger partial charge in [-0.25, -0.2) is 13.8 Å². The summed E-state index contributed by atoms with van der Waals surface area (Å²) < 4.78 is 26.4. The largest absolute Gasteiger partial charge is 0.362 e. The van der Waals surface area contributed by atoms with Gasteiger partial charge in [-0.1, -0.05) is 25.6 Å². The maximum absolute atomic E-state index is 13.4. The van der Waals surface area contributed by atoms with Crippen LogP contribution in [0.25, 0.3) is 10.9 Å². The number of fused-ring (bicyclic) bond motifs is 1. The van der Waals surface area contributed by atoms with Crippen LogP contribution >= 0.6 is 0 Å². The van der Waals surface area contributed by atoms with Crippen molar-refractivity contribution >= 4 is 22.7 Å². The van der Waals surface area contributed by atoms with Crippen LogP contribution in [0.4, 0.5) is 20.5 Å². The highest BCUT2D eigenvalue weighted by molar-refractivity contribution is 5.90. The van der Waals surface area contributed by atoms with E-state index < -0.39 is 11.6 Å². The molecular weight excluding hydrogens is 396 g/mol. The Morgan fingerprint density at radius 3 is 2.35 bits per heavy atom. The molecule has 1 aromatic heterocycles. The lowest BCUT2D eigenvalue weighted by molar-refractivity contribution is 0.352. The van der Waals surface area contributed by atoms with Crippen molar-refractivity contribution in [3.8, 4) is 0 Å². The van der Waals surface area contributed by atoms with Crippen LogP contribution in [0.1, 0.15) is 38.7 Å². The Labute approximate surface area is 182 Å². The van der Waals surface area contributed by atoms with E-state index in [1.165, 1.54) is 12.1 Å². The summed E-state index contributed by atoms with van der Waals surface area (Å²) in [6, 6.07) is 12.8. The number of rotatable bonds is 6. The zero-order chi connectivity index (χ0) is 21.1. The van der Waals surface area contributed by atoms with E-state index in [-0.39, 0.29) is 7.43 Å². The summed E-state index contributed by atoms with van der Waals surface area (Å²) in [5, 5.41) is 8.01. The second-order valence-corrected chi connectivity index (χ2v) is 8.10. The van der Waals surface area contributed by atoms with Crippen LogP contribution in [0.15, 0.2) is 42.5 Å². The number of anilines is 2. The minimum absolute atomic E-state index is 0. The molecule has 0 amide bonds. The van der Waals surface area contributed by atoms with Gasteiger partial charge in [-0.2, -0.15) is 4.98 Å². The van der Waals surface area contributed by atoms with Crippen molar-refractivity contribution in [2.75, 3.05) is 24.3 Å². The molecule has 7 heteroatoms. The molecular formula is C24H31F2N5. The van der Waals surface area contributed by atoms with Crippen molar-refractivity contribution in [3.63, 3.8) is 0 Å². The minimum Gasteiger partial charge on any atom is -0.362 e. The monoisotopic (exact) mass is 427 g/mol. The molecule has 3 aromatic rings. The molecule has 0 spiro atoms. The third-order valence-corrected chi connectivity index (χ3v) is 5.65. The van der Waals surface area contributed by atoms with E-state index in [9.17, 15) is 8.78 Å². The Morgan fingerprint density at radius 2 is 1.65 bits per heavy atom. The van der Waals surface area contributed by atoms with Crippen LogP contribution in [0.5, 0.6) is 0 Å². The molecule has 1 aliphatic carbocycles. The molecule has 4 rings (SSSR count). The number of halogens is 2. The maximum Gasteiger partial charge on any atom is 0.225 e. The first-order chi connectivity index (χ1) is 14.5. The summed E-state index contributed by atoms with van der Waals surface area (Å²) in [5.41, 5.74) is 1.69. The zero-order valence-electron chi connectivity index (χ0n) is 17.3. The van der Waals surface area contributed by atoms with Gasteiger partial charge >= 0.3 is 0 Å². The van der Waals surface area contributed by atoms with Gasteiger partial charge in [-0.15, -0.1) is 0 Å². The summed E-state index contributed by atoms with van der Waals surface area (Å²) in [7, 11) is 3.98. The van der Waals surface area contributed by atoms with Crippen molar-refractivity contribution < 1.29 is 8.78 Å². The molecule has 31 heavy (non-hydrogen) atoms. The van der Waals surface area contributed by atoms with Gasteiger partial charge in [-0.05, 0) is 55.5 Å². The summed E-state index contributed by atoms with van der Waals surface area (Å²) in [6.45, 7) is 0.542. The molecule has 0 saturated heterocycles. The highest BCUT2D eigenvalue weighted by atomic mass is 19.2. The second-order valence-electron chi connectivity index (χ2n) is 8.10. The molecule has 1 heterocycles. The minimum atomic E-state index is -0.807. The maximum atomic E-state index is 13.4. The number of hydrogen-bond acceptors (Lipinski definition) is 5. The molecule has 5 nitrogen and oxygen atoms in total. The predicted octanol–water partition coefficient (Wildman–Crippen LogP) is 5.12. The standard InChI is InChI=1S/C23H27F2N5.CH4/c1-30(2)22-18-5-3-4-6-21(18)28-23(29-22)27-17-10-8-16(9-11-17)26-14-15-7-12-19(24)20(25)13-15;/h3-7,12-13,16-17,26H,8-11,14H2,1-2H3,(H,27,28,29);1H4. The first-order valence-electron chi connectivity index (χ1n) is 10.4. The average molecular weight is 428 g/mol. The summed E-state index contributed by atoms with van der Waals surface area (Å²) in [4.78, 5) is 11.4. The molecule has 0 bridgehead atoms. The van der Waals surface area contributed by atoms with Gasteiger partial charge in [0.1, 0.15) is 5.82 Å². The third-order valence-electron chi connectivity index (χ3n) is 5.65. The highest BCUT2D eigenvalue weighted by Gasteiger charge is 2.22. The molecule has 1 fully saturated rings. The number of hydrogen-bond donors (Lipinski definition) is 2. The molecule has 2 N–H and O–H groups in total. The van der Waals surface area contributed by atoms with Gasteiger partial charge in [0, 0.05) is 38.1 Å². The van der Waals surface area contributed by atoms with Crippen LogP contribution < -0.4 is 15.5 Å². The van der Waals surface area contributed by atoms with Gasteiger partial charge < -0.3 is 15.5 Å². The van der Waals surface area contributed by atoms with E-state index in [0.29, 0.717) is 24.6 Å². The van der Waals surface area contributed by atoms with Crippen LogP contribution in [-0.2, 0) is 6.54 Å². The molecule has 166 valence electrons. The topological polar surface area (TPSA) is 53.1 Å². The average Bonchev–Trinajstić information content (AvgIpc) is 2.75. The van der Waals surface area contributed by atoms with Crippen molar-refractivity contribution in [2.24, 2.45) is 0 Å². The highest BCUT2D eigenvalue weighted by Crippen LogP contribution is 2.26. The Balaban J connectivity index is 0.00000272. The van der Waals surface area contributed by atoms with Gasteiger partial charge in [0.05, 0.1) is 5.52 Å². The Hall–Kier alpha value is -2.80. The van der Waals surface area contributed by atoms with Gasteiger partial charge in [-0.3, -0.25) is 0 Å². The molecule has 1 saturated carbocycles. The fourth-order valence-corrected chi connectivity index (χ4v) is 4.00. The number of para-hydroxylation sites is 1. The molecule has 0 aliphatic heterocycles. The lowest BCUT2D eigenvalue weighted by Gasteiger charge is -2.30. The van der Waals surface area contributed by atoms with E-state index in [4.69, 9.17) is 9.97 Å². The summed E-state index contributed by atoms with van der Waals surface area (Å²) >= 11 is 0. The molecule has 2 aromatic carbocycles. The fraction of sp³-hybridized carbons (Fsp3) is 0.417. The Bertz CT molecular complexity index is 1020. The van der Waals surface area contributed by atoms with Crippen molar-refractivity contribution in [1.29, 1.82) is 0 Å². The van der Waals surface area contributed by atoms with Crippen molar-refractivity contribution in [2.45, 2.75) is 51.7 Å². The zero-order valence-corrected chi connectivity index (χ0v) is 17.3. The molecule has 0 radical (unpaired) electrons. The Kier molecular flexibility index (Phi) is 7.38. The van der Waals surface area contributed by atoms with Crippen molar-refractivity contribution in [3.05, 3.63) is 59.7 Å². The third kappa shape index (κ3) is 5.47. The predicted molar refractivity (Wildman–Crippen MR) is 123 cm³/mol. The lowest BCUT2D eigenvalue weighted by atomic mass is 9.91. The van der Waals surface area contributed by atoms with E-state index in [0.717, 1.165) is 48.0 Å². The first kappa shape index (κ1) is 22.9. The lowest BCUT2D eigenvalue weighted by Crippen LogP contribution is -2.37. The van der Waals surface area contributed by atoms with Gasteiger partial charge in [0.2, 0.25) is 5.95 Å². The van der Waals surface area contributed by atoms with E-state index >= 15 is 0 Å². The Morgan fingerprint density at radius 1 is 0.935 bits per heavy atom.